The highest BCUT2D eigenvalue weighted by molar-refractivity contribution is 8.00. The number of nitrogens with one attached hydrogen (secondary N) is 1. The average molecular weight is 446 g/mol. The Labute approximate surface area is 188 Å². The van der Waals surface area contributed by atoms with Crippen LogP contribution in [0, 0.1) is 19.7 Å². The van der Waals surface area contributed by atoms with E-state index in [0.717, 1.165) is 22.5 Å². The fraction of sp³-hybridized carbons (Fsp3) is 0.167. The van der Waals surface area contributed by atoms with Crippen molar-refractivity contribution < 1.29 is 9.18 Å². The van der Waals surface area contributed by atoms with E-state index in [1.807, 2.05) is 50.2 Å². The van der Waals surface area contributed by atoms with Crippen molar-refractivity contribution in [2.75, 3.05) is 11.1 Å². The second-order valence-electron chi connectivity index (χ2n) is 7.60. The molecule has 0 bridgehead atoms. The number of fused-ring (bicyclic) bond motifs is 1. The van der Waals surface area contributed by atoms with Gasteiger partial charge in [0.25, 0.3) is 5.95 Å². The van der Waals surface area contributed by atoms with Crippen LogP contribution in [0.1, 0.15) is 27.8 Å². The highest BCUT2D eigenvalue weighted by atomic mass is 32.2. The minimum absolute atomic E-state index is 0.180. The summed E-state index contributed by atoms with van der Waals surface area (Å²) in [5.41, 5.74) is 4.35. The molecule has 4 aromatic rings. The van der Waals surface area contributed by atoms with Gasteiger partial charge in [0.1, 0.15) is 11.6 Å². The Morgan fingerprint density at radius 1 is 1.03 bits per heavy atom. The van der Waals surface area contributed by atoms with Crippen molar-refractivity contribution in [2.45, 2.75) is 19.1 Å². The fourth-order valence-corrected chi connectivity index (χ4v) is 5.05. The topological polar surface area (TPSA) is 72.7 Å². The zero-order chi connectivity index (χ0) is 22.2. The van der Waals surface area contributed by atoms with Gasteiger partial charge < -0.3 is 5.32 Å². The minimum atomic E-state index is -0.431. The van der Waals surface area contributed by atoms with Gasteiger partial charge in [0.05, 0.1) is 16.7 Å². The van der Waals surface area contributed by atoms with E-state index >= 15 is 0 Å². The second kappa shape index (κ2) is 8.20. The first kappa shape index (κ1) is 20.4. The molecule has 8 heteroatoms. The first-order chi connectivity index (χ1) is 15.5. The molecule has 6 nitrogen and oxygen atoms in total. The Kier molecular flexibility index (Phi) is 5.22. The van der Waals surface area contributed by atoms with Gasteiger partial charge in [-0.1, -0.05) is 48.5 Å². The van der Waals surface area contributed by atoms with Crippen molar-refractivity contribution in [1.82, 2.24) is 19.7 Å². The quantitative estimate of drug-likeness (QED) is 0.488. The van der Waals surface area contributed by atoms with Crippen LogP contribution in [0.2, 0.25) is 0 Å². The summed E-state index contributed by atoms with van der Waals surface area (Å²) < 4.78 is 16.5. The Balaban J connectivity index is 1.82. The normalized spacial score (nSPS) is 15.7. The number of carbonyl (C=O) groups is 1. The van der Waals surface area contributed by atoms with E-state index in [9.17, 15) is 9.18 Å². The molecule has 0 spiro atoms. The molecule has 1 N–H and O–H groups in total. The number of halogens is 1. The van der Waals surface area contributed by atoms with Gasteiger partial charge in [0.15, 0.2) is 0 Å². The molecule has 3 heterocycles. The highest BCUT2D eigenvalue weighted by Gasteiger charge is 2.34. The van der Waals surface area contributed by atoms with Crippen molar-refractivity contribution in [2.24, 2.45) is 0 Å². The number of thioether (sulfide) groups is 1. The number of hydrogen-bond donors (Lipinski definition) is 1. The number of hydrogen-bond acceptors (Lipinski definition) is 5. The molecule has 0 radical (unpaired) electrons. The van der Waals surface area contributed by atoms with Crippen molar-refractivity contribution >= 4 is 23.5 Å². The lowest BCUT2D eigenvalue weighted by Gasteiger charge is -2.17. The van der Waals surface area contributed by atoms with E-state index in [4.69, 9.17) is 5.10 Å². The summed E-state index contributed by atoms with van der Waals surface area (Å²) in [6, 6.07) is 18.2. The van der Waals surface area contributed by atoms with E-state index in [0.29, 0.717) is 23.0 Å². The first-order valence-electron chi connectivity index (χ1n) is 10.2. The molecule has 1 atom stereocenters. The van der Waals surface area contributed by atoms with E-state index in [-0.39, 0.29) is 17.5 Å². The van der Waals surface area contributed by atoms with Crippen LogP contribution < -0.4 is 5.32 Å². The van der Waals surface area contributed by atoms with Crippen molar-refractivity contribution in [3.63, 3.8) is 0 Å². The summed E-state index contributed by atoms with van der Waals surface area (Å²) in [5.74, 6) is 0.521. The van der Waals surface area contributed by atoms with Gasteiger partial charge in [-0.05, 0) is 26.0 Å². The molecule has 32 heavy (non-hydrogen) atoms. The van der Waals surface area contributed by atoms with Gasteiger partial charge in [-0.3, -0.25) is 4.79 Å². The summed E-state index contributed by atoms with van der Waals surface area (Å²) in [5, 5.41) is 7.38. The number of nitrogens with zero attached hydrogens (tertiary/aromatic N) is 4. The second-order valence-corrected chi connectivity index (χ2v) is 8.69. The first-order valence-corrected chi connectivity index (χ1v) is 11.2. The van der Waals surface area contributed by atoms with Crippen LogP contribution in [0.4, 0.5) is 10.2 Å². The molecule has 160 valence electrons. The lowest BCUT2D eigenvalue weighted by molar-refractivity contribution is -0.113. The van der Waals surface area contributed by atoms with Crippen LogP contribution in [-0.4, -0.2) is 31.4 Å². The Hall–Kier alpha value is -3.52. The lowest BCUT2D eigenvalue weighted by atomic mass is 9.99. The molecule has 5 rings (SSSR count). The lowest BCUT2D eigenvalue weighted by Crippen LogP contribution is -2.17. The standard InChI is InChI=1S/C24H20FN5OS/c1-14-12-15(2)27-24(26-14)30-23-20(21(29-30)16-8-4-3-5-9-16)22(32-13-19(31)28-23)17-10-6-7-11-18(17)25/h3-12,22H,13H2,1-2H3,(H,28,31). The van der Waals surface area contributed by atoms with Crippen LogP contribution in [-0.2, 0) is 4.79 Å². The number of amides is 1. The van der Waals surface area contributed by atoms with Crippen molar-refractivity contribution in [3.05, 3.63) is 89.0 Å². The molecule has 1 amide bonds. The molecular weight excluding hydrogens is 425 g/mol. The summed E-state index contributed by atoms with van der Waals surface area (Å²) >= 11 is 1.38. The van der Waals surface area contributed by atoms with Crippen molar-refractivity contribution in [3.8, 4) is 17.2 Å². The smallest absolute Gasteiger partial charge is 0.252 e. The van der Waals surface area contributed by atoms with E-state index in [1.54, 1.807) is 22.9 Å². The van der Waals surface area contributed by atoms with Crippen LogP contribution >= 0.6 is 11.8 Å². The molecule has 0 saturated heterocycles. The molecule has 0 saturated carbocycles. The van der Waals surface area contributed by atoms with Gasteiger partial charge >= 0.3 is 0 Å². The molecule has 2 aromatic carbocycles. The molecule has 2 aromatic heterocycles. The maximum atomic E-state index is 14.9. The van der Waals surface area contributed by atoms with E-state index < -0.39 is 5.25 Å². The van der Waals surface area contributed by atoms with Gasteiger partial charge in [-0.15, -0.1) is 11.8 Å². The van der Waals surface area contributed by atoms with E-state index in [2.05, 4.69) is 15.3 Å². The largest absolute Gasteiger partial charge is 0.309 e. The molecular formula is C24H20FN5OS. The summed E-state index contributed by atoms with van der Waals surface area (Å²) in [6.07, 6.45) is 0. The van der Waals surface area contributed by atoms with Crippen LogP contribution in [0.5, 0.6) is 0 Å². The number of anilines is 1. The third-order valence-electron chi connectivity index (χ3n) is 5.22. The Morgan fingerprint density at radius 2 is 1.72 bits per heavy atom. The van der Waals surface area contributed by atoms with Gasteiger partial charge in [0.2, 0.25) is 5.91 Å². The molecule has 1 aliphatic rings. The van der Waals surface area contributed by atoms with Crippen LogP contribution in [0.3, 0.4) is 0 Å². The number of benzene rings is 2. The summed E-state index contributed by atoms with van der Waals surface area (Å²) in [7, 11) is 0. The predicted octanol–water partition coefficient (Wildman–Crippen LogP) is 4.86. The molecule has 0 aliphatic carbocycles. The van der Waals surface area contributed by atoms with Gasteiger partial charge in [-0.25, -0.2) is 14.4 Å². The third-order valence-corrected chi connectivity index (χ3v) is 6.47. The Bertz CT molecular complexity index is 1300. The average Bonchev–Trinajstić information content (AvgIpc) is 3.05. The van der Waals surface area contributed by atoms with Crippen LogP contribution in [0.25, 0.3) is 17.2 Å². The summed E-state index contributed by atoms with van der Waals surface area (Å²) in [6.45, 7) is 3.77. The monoisotopic (exact) mass is 445 g/mol. The van der Waals surface area contributed by atoms with Gasteiger partial charge in [0, 0.05) is 28.1 Å². The zero-order valence-corrected chi connectivity index (χ0v) is 18.4. The minimum Gasteiger partial charge on any atom is -0.309 e. The predicted molar refractivity (Wildman–Crippen MR) is 123 cm³/mol. The number of aryl methyl sites for hydroxylation is 2. The van der Waals surface area contributed by atoms with Gasteiger partial charge in [-0.2, -0.15) is 9.78 Å². The van der Waals surface area contributed by atoms with Crippen molar-refractivity contribution in [1.29, 1.82) is 0 Å². The summed E-state index contributed by atoms with van der Waals surface area (Å²) in [4.78, 5) is 21.8. The number of aromatic nitrogens is 4. The fourth-order valence-electron chi connectivity index (χ4n) is 3.90. The maximum Gasteiger partial charge on any atom is 0.252 e. The van der Waals surface area contributed by atoms with Crippen LogP contribution in [0.15, 0.2) is 60.7 Å². The number of carbonyl (C=O) groups excluding carboxylic acids is 1. The van der Waals surface area contributed by atoms with E-state index in [1.165, 1.54) is 17.8 Å². The zero-order valence-electron chi connectivity index (χ0n) is 17.5. The Morgan fingerprint density at radius 3 is 2.44 bits per heavy atom. The molecule has 1 aliphatic heterocycles. The third kappa shape index (κ3) is 3.67. The molecule has 1 unspecified atom stereocenters. The molecule has 0 fully saturated rings. The number of rotatable bonds is 3. The highest BCUT2D eigenvalue weighted by Crippen LogP contribution is 2.47. The maximum absolute atomic E-state index is 14.9. The SMILES string of the molecule is Cc1cc(C)nc(-n2nc(-c3ccccc3)c3c2NC(=O)CSC3c2ccccc2F)n1.